The van der Waals surface area contributed by atoms with Crippen LogP contribution in [0.1, 0.15) is 64.7 Å². The number of carboxylic acid groups (broad SMARTS) is 1. The molecule has 0 spiro atoms. The van der Waals surface area contributed by atoms with Gasteiger partial charge in [-0.2, -0.15) is 0 Å². The first kappa shape index (κ1) is 22.8. The lowest BCUT2D eigenvalue weighted by atomic mass is 10.0. The van der Waals surface area contributed by atoms with Crippen LogP contribution in [0.25, 0.3) is 0 Å². The van der Waals surface area contributed by atoms with Gasteiger partial charge in [-0.15, -0.1) is 0 Å². The summed E-state index contributed by atoms with van der Waals surface area (Å²) in [6.07, 6.45) is 10.2. The van der Waals surface area contributed by atoms with Gasteiger partial charge in [0, 0.05) is 12.8 Å². The van der Waals surface area contributed by atoms with E-state index in [1.165, 1.54) is 0 Å². The zero-order chi connectivity index (χ0) is 19.4. The van der Waals surface area contributed by atoms with Gasteiger partial charge in [0.05, 0.1) is 24.4 Å². The number of aliphatic carboxylic acids is 1. The van der Waals surface area contributed by atoms with Crippen LogP contribution < -0.4 is 0 Å². The van der Waals surface area contributed by atoms with E-state index >= 15 is 0 Å². The fourth-order valence-corrected chi connectivity index (χ4v) is 2.97. The van der Waals surface area contributed by atoms with Gasteiger partial charge >= 0.3 is 5.97 Å². The molecule has 0 aliphatic carbocycles. The molecule has 1 aliphatic rings. The minimum atomic E-state index is -0.801. The Hall–Kier alpha value is -1.21. The standard InChI is InChI=1S/C20H34O6/c1-2-3-6-10-16(22)19-14-17(23)18(26-19)13-12-15(21)9-7-4-5-8-11-20(24)25/h4,7,12-13,15-19,21-23H,2-3,5-6,8-11,14H2,1H3,(H,24,25)/b7-4-,13-12+/t15-,16-,17-,18-,19+/m0/s1. The number of aliphatic hydroxyl groups excluding tert-OH is 3. The molecule has 0 bridgehead atoms. The maximum atomic E-state index is 10.4. The fraction of sp³-hybridized carbons (Fsp3) is 0.750. The first-order valence-corrected chi connectivity index (χ1v) is 9.68. The van der Waals surface area contributed by atoms with Crippen molar-refractivity contribution in [2.45, 2.75) is 95.2 Å². The molecule has 0 aromatic rings. The van der Waals surface area contributed by atoms with Crippen molar-refractivity contribution in [3.63, 3.8) is 0 Å². The van der Waals surface area contributed by atoms with Crippen molar-refractivity contribution in [3.05, 3.63) is 24.3 Å². The lowest BCUT2D eigenvalue weighted by Gasteiger charge is -2.18. The van der Waals surface area contributed by atoms with Crippen LogP contribution in [0.4, 0.5) is 0 Å². The minimum absolute atomic E-state index is 0.148. The van der Waals surface area contributed by atoms with Gasteiger partial charge < -0.3 is 25.2 Å². The predicted molar refractivity (Wildman–Crippen MR) is 99.8 cm³/mol. The molecular weight excluding hydrogens is 336 g/mol. The van der Waals surface area contributed by atoms with Crippen molar-refractivity contribution < 1.29 is 30.0 Å². The molecule has 0 unspecified atom stereocenters. The molecule has 150 valence electrons. The van der Waals surface area contributed by atoms with E-state index < -0.39 is 30.4 Å². The van der Waals surface area contributed by atoms with Gasteiger partial charge in [0.25, 0.3) is 0 Å². The molecule has 0 radical (unpaired) electrons. The van der Waals surface area contributed by atoms with Crippen LogP contribution in [0.2, 0.25) is 0 Å². The van der Waals surface area contributed by atoms with Crippen LogP contribution >= 0.6 is 0 Å². The van der Waals surface area contributed by atoms with Gasteiger partial charge in [0.2, 0.25) is 0 Å². The van der Waals surface area contributed by atoms with Gasteiger partial charge in [-0.1, -0.05) is 50.5 Å². The van der Waals surface area contributed by atoms with Gasteiger partial charge in [-0.25, -0.2) is 0 Å². The van der Waals surface area contributed by atoms with Crippen LogP contribution in [0, 0.1) is 0 Å². The molecule has 4 N–H and O–H groups in total. The molecule has 0 aromatic carbocycles. The second-order valence-electron chi connectivity index (χ2n) is 6.95. The SMILES string of the molecule is CCCCC[C@H](O)[C@H]1C[C@H](O)[C@H](/C=C/[C@@H](O)C/C=C\CCCC(=O)O)O1. The van der Waals surface area contributed by atoms with Gasteiger partial charge in [0.15, 0.2) is 0 Å². The average molecular weight is 370 g/mol. The summed E-state index contributed by atoms with van der Waals surface area (Å²) in [6, 6.07) is 0. The molecule has 1 heterocycles. The topological polar surface area (TPSA) is 107 Å². The first-order valence-electron chi connectivity index (χ1n) is 9.68. The molecule has 1 fully saturated rings. The quantitative estimate of drug-likeness (QED) is 0.293. The third-order valence-corrected chi connectivity index (χ3v) is 4.55. The van der Waals surface area contributed by atoms with E-state index in [9.17, 15) is 20.1 Å². The Labute approximate surface area is 156 Å². The van der Waals surface area contributed by atoms with Crippen molar-refractivity contribution in [1.82, 2.24) is 0 Å². The summed E-state index contributed by atoms with van der Waals surface area (Å²) in [5.74, 6) is -0.801. The zero-order valence-corrected chi connectivity index (χ0v) is 15.7. The number of rotatable bonds is 13. The summed E-state index contributed by atoms with van der Waals surface area (Å²) in [5.41, 5.74) is 0. The third kappa shape index (κ3) is 9.48. The Bertz CT molecular complexity index is 448. The van der Waals surface area contributed by atoms with E-state index in [0.29, 0.717) is 32.1 Å². The molecule has 0 amide bonds. The van der Waals surface area contributed by atoms with Gasteiger partial charge in [-0.3, -0.25) is 4.79 Å². The first-order chi connectivity index (χ1) is 12.4. The Morgan fingerprint density at radius 1 is 1.23 bits per heavy atom. The molecule has 6 nitrogen and oxygen atoms in total. The molecule has 26 heavy (non-hydrogen) atoms. The molecule has 1 aliphatic heterocycles. The fourth-order valence-electron chi connectivity index (χ4n) is 2.97. The summed E-state index contributed by atoms with van der Waals surface area (Å²) >= 11 is 0. The molecule has 0 aromatic heterocycles. The van der Waals surface area contributed by atoms with E-state index in [2.05, 4.69) is 6.92 Å². The predicted octanol–water partition coefficient (Wildman–Crippen LogP) is 2.56. The summed E-state index contributed by atoms with van der Waals surface area (Å²) in [4.78, 5) is 10.4. The maximum Gasteiger partial charge on any atom is 0.303 e. The van der Waals surface area contributed by atoms with Gasteiger partial charge in [0.1, 0.15) is 6.10 Å². The number of aliphatic hydroxyl groups is 3. The van der Waals surface area contributed by atoms with Crippen LogP contribution in [0.3, 0.4) is 0 Å². The van der Waals surface area contributed by atoms with Crippen LogP contribution in [-0.4, -0.2) is 56.9 Å². The monoisotopic (exact) mass is 370 g/mol. The lowest BCUT2D eigenvalue weighted by Crippen LogP contribution is -2.26. The second-order valence-corrected chi connectivity index (χ2v) is 6.95. The second kappa shape index (κ2) is 13.0. The van der Waals surface area contributed by atoms with E-state index in [0.717, 1.165) is 19.3 Å². The highest BCUT2D eigenvalue weighted by Crippen LogP contribution is 2.26. The van der Waals surface area contributed by atoms with Gasteiger partial charge in [-0.05, 0) is 25.7 Å². The van der Waals surface area contributed by atoms with E-state index in [1.54, 1.807) is 12.2 Å². The smallest absolute Gasteiger partial charge is 0.303 e. The largest absolute Gasteiger partial charge is 0.481 e. The Kier molecular flexibility index (Phi) is 11.4. The molecule has 1 rings (SSSR count). The molecule has 0 saturated carbocycles. The number of ether oxygens (including phenoxy) is 1. The highest BCUT2D eigenvalue weighted by atomic mass is 16.5. The molecule has 5 atom stereocenters. The highest BCUT2D eigenvalue weighted by molar-refractivity contribution is 5.66. The highest BCUT2D eigenvalue weighted by Gasteiger charge is 2.36. The summed E-state index contributed by atoms with van der Waals surface area (Å²) in [7, 11) is 0. The van der Waals surface area contributed by atoms with Crippen LogP contribution in [0.15, 0.2) is 24.3 Å². The Morgan fingerprint density at radius 3 is 2.69 bits per heavy atom. The number of unbranched alkanes of at least 4 members (excludes halogenated alkanes) is 3. The lowest BCUT2D eigenvalue weighted by molar-refractivity contribution is -0.137. The molecule has 1 saturated heterocycles. The average Bonchev–Trinajstić information content (AvgIpc) is 2.97. The van der Waals surface area contributed by atoms with E-state index in [-0.39, 0.29) is 12.5 Å². The normalized spacial score (nSPS) is 25.9. The third-order valence-electron chi connectivity index (χ3n) is 4.55. The minimum Gasteiger partial charge on any atom is -0.481 e. The maximum absolute atomic E-state index is 10.4. The summed E-state index contributed by atoms with van der Waals surface area (Å²) in [5, 5.41) is 38.7. The van der Waals surface area contributed by atoms with E-state index in [4.69, 9.17) is 9.84 Å². The molecular formula is C20H34O6. The number of carboxylic acids is 1. The number of allylic oxidation sites excluding steroid dienone is 1. The van der Waals surface area contributed by atoms with Crippen LogP contribution in [-0.2, 0) is 9.53 Å². The number of carbonyl (C=O) groups is 1. The summed E-state index contributed by atoms with van der Waals surface area (Å²) in [6.45, 7) is 2.11. The van der Waals surface area contributed by atoms with Crippen molar-refractivity contribution in [3.8, 4) is 0 Å². The number of hydrogen-bond donors (Lipinski definition) is 4. The van der Waals surface area contributed by atoms with Crippen molar-refractivity contribution >= 4 is 5.97 Å². The van der Waals surface area contributed by atoms with Crippen molar-refractivity contribution in [2.75, 3.05) is 0 Å². The molecule has 6 heteroatoms. The van der Waals surface area contributed by atoms with Crippen molar-refractivity contribution in [2.24, 2.45) is 0 Å². The Balaban J connectivity index is 2.29. The van der Waals surface area contributed by atoms with Crippen LogP contribution in [0.5, 0.6) is 0 Å². The number of hydrogen-bond acceptors (Lipinski definition) is 5. The van der Waals surface area contributed by atoms with E-state index in [1.807, 2.05) is 12.2 Å². The zero-order valence-electron chi connectivity index (χ0n) is 15.7. The summed E-state index contributed by atoms with van der Waals surface area (Å²) < 4.78 is 5.73. The Morgan fingerprint density at radius 2 is 2.00 bits per heavy atom. The van der Waals surface area contributed by atoms with Crippen molar-refractivity contribution in [1.29, 1.82) is 0 Å².